The van der Waals surface area contributed by atoms with Gasteiger partial charge in [0.2, 0.25) is 0 Å². The summed E-state index contributed by atoms with van der Waals surface area (Å²) in [7, 11) is 0. The van der Waals surface area contributed by atoms with Crippen molar-refractivity contribution in [3.8, 4) is 0 Å². The number of carbonyl (C=O) groups is 1. The Morgan fingerprint density at radius 1 is 1.64 bits per heavy atom. The molecule has 1 heterocycles. The van der Waals surface area contributed by atoms with Gasteiger partial charge in [0.05, 0.1) is 0 Å². The molecule has 78 valence electrons. The molecular weight excluding hydrogens is 186 g/mol. The topological polar surface area (TPSA) is 96.7 Å². The molecule has 14 heavy (non-hydrogen) atoms. The lowest BCUT2D eigenvalue weighted by Crippen LogP contribution is -2.36. The molecule has 0 amide bonds. The average molecular weight is 199 g/mol. The van der Waals surface area contributed by atoms with Crippen LogP contribution in [0.3, 0.4) is 0 Å². The molecule has 0 aliphatic heterocycles. The molecule has 1 rings (SSSR count). The van der Waals surface area contributed by atoms with Gasteiger partial charge in [-0.15, -0.1) is 0 Å². The van der Waals surface area contributed by atoms with Crippen LogP contribution in [0, 0.1) is 0 Å². The van der Waals surface area contributed by atoms with E-state index in [4.69, 9.17) is 15.3 Å². The molecule has 5 heteroatoms. The van der Waals surface area contributed by atoms with Gasteiger partial charge in [-0.05, 0) is 12.1 Å². The van der Waals surface area contributed by atoms with Gasteiger partial charge in [-0.1, -0.05) is 6.92 Å². The van der Waals surface area contributed by atoms with Crippen molar-refractivity contribution in [2.75, 3.05) is 0 Å². The van der Waals surface area contributed by atoms with E-state index in [1.807, 2.05) is 6.92 Å². The smallest absolute Gasteiger partial charge is 0.323 e. The Morgan fingerprint density at radius 2 is 2.29 bits per heavy atom. The Bertz CT molecular complexity index is 320. The summed E-state index contributed by atoms with van der Waals surface area (Å²) in [4.78, 5) is 10.5. The van der Waals surface area contributed by atoms with E-state index in [2.05, 4.69) is 0 Å². The Kier molecular flexibility index (Phi) is 3.27. The quantitative estimate of drug-likeness (QED) is 0.647. The molecule has 0 fully saturated rings. The van der Waals surface area contributed by atoms with Gasteiger partial charge >= 0.3 is 5.97 Å². The molecule has 2 unspecified atom stereocenters. The van der Waals surface area contributed by atoms with Crippen LogP contribution in [-0.2, 0) is 11.2 Å². The van der Waals surface area contributed by atoms with E-state index < -0.39 is 18.1 Å². The van der Waals surface area contributed by atoms with Crippen LogP contribution >= 0.6 is 0 Å². The molecule has 1 aromatic heterocycles. The molecule has 1 aromatic rings. The third kappa shape index (κ3) is 2.12. The number of aliphatic carboxylic acids is 1. The fourth-order valence-electron chi connectivity index (χ4n) is 1.06. The highest BCUT2D eigenvalue weighted by molar-refractivity contribution is 5.74. The lowest BCUT2D eigenvalue weighted by Gasteiger charge is -2.11. The van der Waals surface area contributed by atoms with Crippen molar-refractivity contribution in [3.63, 3.8) is 0 Å². The van der Waals surface area contributed by atoms with Crippen LogP contribution in [0.5, 0.6) is 0 Å². The van der Waals surface area contributed by atoms with Crippen LogP contribution < -0.4 is 5.73 Å². The molecule has 0 radical (unpaired) electrons. The molecular formula is C9H13NO4. The molecule has 0 saturated heterocycles. The summed E-state index contributed by atoms with van der Waals surface area (Å²) in [6.07, 6.45) is -0.609. The van der Waals surface area contributed by atoms with Crippen LogP contribution in [0.25, 0.3) is 0 Å². The van der Waals surface area contributed by atoms with Crippen molar-refractivity contribution in [1.29, 1.82) is 0 Å². The minimum absolute atomic E-state index is 0.191. The van der Waals surface area contributed by atoms with E-state index in [1.165, 1.54) is 6.07 Å². The number of furan rings is 1. The average Bonchev–Trinajstić information content (AvgIpc) is 2.63. The number of carboxylic acid groups (broad SMARTS) is 1. The zero-order chi connectivity index (χ0) is 10.7. The number of hydrogen-bond donors (Lipinski definition) is 3. The Hall–Kier alpha value is -1.33. The van der Waals surface area contributed by atoms with Crippen LogP contribution in [0.15, 0.2) is 16.5 Å². The lowest BCUT2D eigenvalue weighted by atomic mass is 10.1. The van der Waals surface area contributed by atoms with Crippen molar-refractivity contribution in [2.45, 2.75) is 25.5 Å². The van der Waals surface area contributed by atoms with Gasteiger partial charge in [-0.25, -0.2) is 0 Å². The number of aryl methyl sites for hydroxylation is 1. The van der Waals surface area contributed by atoms with Gasteiger partial charge in [-0.3, -0.25) is 4.79 Å². The molecule has 0 saturated carbocycles. The predicted octanol–water partition coefficient (Wildman–Crippen LogP) is 0.287. The van der Waals surface area contributed by atoms with Gasteiger partial charge in [0.25, 0.3) is 0 Å². The lowest BCUT2D eigenvalue weighted by molar-refractivity contribution is -0.141. The van der Waals surface area contributed by atoms with E-state index >= 15 is 0 Å². The molecule has 5 nitrogen and oxygen atoms in total. The molecule has 2 atom stereocenters. The standard InChI is InChI=1S/C9H13NO4/c1-2-5-3-4-6(14-5)8(11)7(10)9(12)13/h3-4,7-8,11H,2,10H2,1H3,(H,12,13). The Balaban J connectivity index is 2.78. The fraction of sp³-hybridized carbons (Fsp3) is 0.444. The minimum Gasteiger partial charge on any atom is -0.480 e. The van der Waals surface area contributed by atoms with Gasteiger partial charge in [-0.2, -0.15) is 0 Å². The number of rotatable bonds is 4. The van der Waals surface area contributed by atoms with Gasteiger partial charge < -0.3 is 20.4 Å². The maximum Gasteiger partial charge on any atom is 0.323 e. The van der Waals surface area contributed by atoms with E-state index in [1.54, 1.807) is 6.07 Å². The van der Waals surface area contributed by atoms with Gasteiger partial charge in [0.15, 0.2) is 0 Å². The van der Waals surface area contributed by atoms with Crippen molar-refractivity contribution in [1.82, 2.24) is 0 Å². The van der Waals surface area contributed by atoms with Crippen LogP contribution in [-0.4, -0.2) is 22.2 Å². The highest BCUT2D eigenvalue weighted by Gasteiger charge is 2.25. The second-order valence-electron chi connectivity index (χ2n) is 2.97. The summed E-state index contributed by atoms with van der Waals surface area (Å²) in [6, 6.07) is 1.87. The summed E-state index contributed by atoms with van der Waals surface area (Å²) in [6.45, 7) is 1.89. The van der Waals surface area contributed by atoms with E-state index in [0.29, 0.717) is 12.2 Å². The fourth-order valence-corrected chi connectivity index (χ4v) is 1.06. The first-order valence-electron chi connectivity index (χ1n) is 4.31. The maximum atomic E-state index is 10.5. The van der Waals surface area contributed by atoms with E-state index in [0.717, 1.165) is 0 Å². The monoisotopic (exact) mass is 199 g/mol. The summed E-state index contributed by atoms with van der Waals surface area (Å²) < 4.78 is 5.17. The molecule has 4 N–H and O–H groups in total. The summed E-state index contributed by atoms with van der Waals surface area (Å²) in [5.41, 5.74) is 5.23. The molecule has 0 aliphatic carbocycles. The molecule has 0 spiro atoms. The summed E-state index contributed by atoms with van der Waals surface area (Å²) in [5, 5.41) is 18.0. The first kappa shape index (κ1) is 10.7. The summed E-state index contributed by atoms with van der Waals surface area (Å²) >= 11 is 0. The third-order valence-electron chi connectivity index (χ3n) is 1.95. The zero-order valence-corrected chi connectivity index (χ0v) is 7.80. The number of carboxylic acids is 1. The number of nitrogens with two attached hydrogens (primary N) is 1. The van der Waals surface area contributed by atoms with Crippen molar-refractivity contribution in [2.24, 2.45) is 5.73 Å². The van der Waals surface area contributed by atoms with Crippen LogP contribution in [0.4, 0.5) is 0 Å². The zero-order valence-electron chi connectivity index (χ0n) is 7.80. The van der Waals surface area contributed by atoms with E-state index in [-0.39, 0.29) is 5.76 Å². The third-order valence-corrected chi connectivity index (χ3v) is 1.95. The van der Waals surface area contributed by atoms with Crippen LogP contribution in [0.1, 0.15) is 24.5 Å². The van der Waals surface area contributed by atoms with Gasteiger partial charge in [0.1, 0.15) is 23.7 Å². The number of hydrogen-bond acceptors (Lipinski definition) is 4. The first-order chi connectivity index (χ1) is 6.56. The van der Waals surface area contributed by atoms with Crippen molar-refractivity contribution < 1.29 is 19.4 Å². The molecule has 0 aromatic carbocycles. The summed E-state index contributed by atoms with van der Waals surface area (Å²) in [5.74, 6) is -0.375. The SMILES string of the molecule is CCc1ccc(C(O)C(N)C(=O)O)o1. The molecule has 0 aliphatic rings. The van der Waals surface area contributed by atoms with Crippen LogP contribution in [0.2, 0.25) is 0 Å². The normalized spacial score (nSPS) is 15.1. The largest absolute Gasteiger partial charge is 0.480 e. The first-order valence-corrected chi connectivity index (χ1v) is 4.31. The minimum atomic E-state index is -1.36. The number of aliphatic hydroxyl groups excluding tert-OH is 1. The highest BCUT2D eigenvalue weighted by Crippen LogP contribution is 2.19. The predicted molar refractivity (Wildman–Crippen MR) is 48.7 cm³/mol. The van der Waals surface area contributed by atoms with Crippen molar-refractivity contribution >= 4 is 5.97 Å². The Morgan fingerprint density at radius 3 is 2.71 bits per heavy atom. The van der Waals surface area contributed by atoms with Gasteiger partial charge in [0, 0.05) is 6.42 Å². The molecule has 0 bridgehead atoms. The van der Waals surface area contributed by atoms with E-state index in [9.17, 15) is 9.90 Å². The highest BCUT2D eigenvalue weighted by atomic mass is 16.4. The Labute approximate surface area is 81.1 Å². The van der Waals surface area contributed by atoms with Crippen molar-refractivity contribution in [3.05, 3.63) is 23.7 Å². The second kappa shape index (κ2) is 4.26. The second-order valence-corrected chi connectivity index (χ2v) is 2.97. The maximum absolute atomic E-state index is 10.5. The number of aliphatic hydroxyl groups is 1.